The molecular formula is C12H14N2O2. The molecule has 0 saturated heterocycles. The van der Waals surface area contributed by atoms with Crippen molar-refractivity contribution in [3.63, 3.8) is 0 Å². The molecule has 1 aromatic heterocycles. The maximum Gasteiger partial charge on any atom is 0.271 e. The maximum atomic E-state index is 12.1. The minimum atomic E-state index is -0.244. The van der Waals surface area contributed by atoms with Crippen LogP contribution in [0.4, 0.5) is 0 Å². The molecule has 1 atom stereocenters. The first kappa shape index (κ1) is 10.7. The Labute approximate surface area is 93.6 Å². The lowest BCUT2D eigenvalue weighted by Crippen LogP contribution is -2.36. The van der Waals surface area contributed by atoms with Crippen LogP contribution in [0.15, 0.2) is 35.1 Å². The Morgan fingerprint density at radius 1 is 1.56 bits per heavy atom. The van der Waals surface area contributed by atoms with Gasteiger partial charge in [0.05, 0.1) is 6.04 Å². The van der Waals surface area contributed by atoms with Crippen molar-refractivity contribution in [2.24, 2.45) is 0 Å². The SMILES string of the molecule is CCC1C=CCN1C(=O)c1cccc(=O)[nH]1. The van der Waals surface area contributed by atoms with Gasteiger partial charge in [-0.2, -0.15) is 0 Å². The number of nitrogens with zero attached hydrogens (tertiary/aromatic N) is 1. The fraction of sp³-hybridized carbons (Fsp3) is 0.333. The maximum absolute atomic E-state index is 12.1. The van der Waals surface area contributed by atoms with Crippen LogP contribution in [0, 0.1) is 0 Å². The smallest absolute Gasteiger partial charge is 0.271 e. The van der Waals surface area contributed by atoms with E-state index in [9.17, 15) is 9.59 Å². The Kier molecular flexibility index (Phi) is 2.90. The fourth-order valence-electron chi connectivity index (χ4n) is 1.89. The van der Waals surface area contributed by atoms with Crippen molar-refractivity contribution in [1.82, 2.24) is 9.88 Å². The van der Waals surface area contributed by atoms with Gasteiger partial charge in [0.15, 0.2) is 0 Å². The number of amides is 1. The number of hydrogen-bond donors (Lipinski definition) is 1. The molecule has 1 aliphatic rings. The van der Waals surface area contributed by atoms with E-state index in [1.54, 1.807) is 17.0 Å². The van der Waals surface area contributed by atoms with E-state index >= 15 is 0 Å². The third kappa shape index (κ3) is 1.91. The molecule has 1 aliphatic heterocycles. The van der Waals surface area contributed by atoms with Crippen LogP contribution in [-0.2, 0) is 0 Å². The number of carbonyl (C=O) groups is 1. The monoisotopic (exact) mass is 218 g/mol. The Morgan fingerprint density at radius 2 is 2.38 bits per heavy atom. The second kappa shape index (κ2) is 4.35. The predicted molar refractivity (Wildman–Crippen MR) is 61.3 cm³/mol. The van der Waals surface area contributed by atoms with Crippen molar-refractivity contribution < 1.29 is 4.79 Å². The molecule has 1 N–H and O–H groups in total. The van der Waals surface area contributed by atoms with Crippen LogP contribution in [-0.4, -0.2) is 28.4 Å². The summed E-state index contributed by atoms with van der Waals surface area (Å²) < 4.78 is 0. The summed E-state index contributed by atoms with van der Waals surface area (Å²) in [6.07, 6.45) is 4.89. The van der Waals surface area contributed by atoms with Crippen molar-refractivity contribution in [1.29, 1.82) is 0 Å². The minimum absolute atomic E-state index is 0.116. The number of H-pyrrole nitrogens is 1. The van der Waals surface area contributed by atoms with E-state index in [4.69, 9.17) is 0 Å². The summed E-state index contributed by atoms with van der Waals surface area (Å²) in [4.78, 5) is 27.5. The summed E-state index contributed by atoms with van der Waals surface area (Å²) in [5.74, 6) is -0.116. The fourth-order valence-corrected chi connectivity index (χ4v) is 1.89. The highest BCUT2D eigenvalue weighted by atomic mass is 16.2. The van der Waals surface area contributed by atoms with E-state index in [1.165, 1.54) is 6.07 Å². The van der Waals surface area contributed by atoms with Crippen LogP contribution in [0.2, 0.25) is 0 Å². The van der Waals surface area contributed by atoms with E-state index in [0.29, 0.717) is 12.2 Å². The molecule has 1 aromatic rings. The molecule has 4 heteroatoms. The Hall–Kier alpha value is -1.84. The molecule has 1 unspecified atom stereocenters. The van der Waals surface area contributed by atoms with Crippen molar-refractivity contribution in [3.05, 3.63) is 46.4 Å². The van der Waals surface area contributed by atoms with Crippen LogP contribution >= 0.6 is 0 Å². The highest BCUT2D eigenvalue weighted by molar-refractivity contribution is 5.93. The zero-order chi connectivity index (χ0) is 11.5. The average molecular weight is 218 g/mol. The average Bonchev–Trinajstić information content (AvgIpc) is 2.76. The van der Waals surface area contributed by atoms with Gasteiger partial charge < -0.3 is 9.88 Å². The summed E-state index contributed by atoms with van der Waals surface area (Å²) in [7, 11) is 0. The van der Waals surface area contributed by atoms with Crippen LogP contribution in [0.5, 0.6) is 0 Å². The molecule has 0 aromatic carbocycles. The molecule has 0 saturated carbocycles. The third-order valence-electron chi connectivity index (χ3n) is 2.74. The number of pyridine rings is 1. The lowest BCUT2D eigenvalue weighted by Gasteiger charge is -2.23. The first-order chi connectivity index (χ1) is 7.72. The van der Waals surface area contributed by atoms with Crippen molar-refractivity contribution in [2.45, 2.75) is 19.4 Å². The van der Waals surface area contributed by atoms with E-state index < -0.39 is 0 Å². The molecule has 84 valence electrons. The standard InChI is InChI=1S/C12H14N2O2/c1-2-9-5-4-8-14(9)12(16)10-6-3-7-11(15)13-10/h3-7,9H,2,8H2,1H3,(H,13,15). The lowest BCUT2D eigenvalue weighted by atomic mass is 10.2. The summed E-state index contributed by atoms with van der Waals surface area (Å²) in [6.45, 7) is 2.66. The highest BCUT2D eigenvalue weighted by Crippen LogP contribution is 2.15. The molecule has 1 amide bonds. The number of nitrogens with one attached hydrogen (secondary N) is 1. The van der Waals surface area contributed by atoms with Crippen molar-refractivity contribution >= 4 is 5.91 Å². The molecular weight excluding hydrogens is 204 g/mol. The van der Waals surface area contributed by atoms with Crippen molar-refractivity contribution in [2.75, 3.05) is 6.54 Å². The number of aromatic amines is 1. The number of aromatic nitrogens is 1. The normalized spacial score (nSPS) is 19.1. The van der Waals surface area contributed by atoms with Gasteiger partial charge >= 0.3 is 0 Å². The van der Waals surface area contributed by atoms with Crippen LogP contribution in [0.25, 0.3) is 0 Å². The van der Waals surface area contributed by atoms with Gasteiger partial charge in [-0.05, 0) is 12.5 Å². The highest BCUT2D eigenvalue weighted by Gasteiger charge is 2.24. The molecule has 0 bridgehead atoms. The van der Waals surface area contributed by atoms with E-state index in [1.807, 2.05) is 19.1 Å². The lowest BCUT2D eigenvalue weighted by molar-refractivity contribution is 0.0741. The molecule has 2 heterocycles. The van der Waals surface area contributed by atoms with E-state index in [0.717, 1.165) is 6.42 Å². The Morgan fingerprint density at radius 3 is 3.06 bits per heavy atom. The molecule has 0 aliphatic carbocycles. The second-order valence-corrected chi connectivity index (χ2v) is 3.79. The zero-order valence-electron chi connectivity index (χ0n) is 9.14. The molecule has 0 radical (unpaired) electrons. The van der Waals surface area contributed by atoms with Crippen LogP contribution in [0.3, 0.4) is 0 Å². The molecule has 0 spiro atoms. The minimum Gasteiger partial charge on any atom is -0.327 e. The van der Waals surface area contributed by atoms with E-state index in [2.05, 4.69) is 4.98 Å². The van der Waals surface area contributed by atoms with Gasteiger partial charge in [0.2, 0.25) is 5.56 Å². The Bertz CT molecular complexity index is 476. The van der Waals surface area contributed by atoms with Gasteiger partial charge in [0, 0.05) is 12.6 Å². The second-order valence-electron chi connectivity index (χ2n) is 3.79. The van der Waals surface area contributed by atoms with E-state index in [-0.39, 0.29) is 17.5 Å². The van der Waals surface area contributed by atoms with Gasteiger partial charge in [-0.15, -0.1) is 0 Å². The summed E-state index contributed by atoms with van der Waals surface area (Å²) in [5.41, 5.74) is 0.112. The van der Waals surface area contributed by atoms with Gasteiger partial charge in [-0.25, -0.2) is 0 Å². The number of hydrogen-bond acceptors (Lipinski definition) is 2. The summed E-state index contributed by atoms with van der Waals surface area (Å²) in [5, 5.41) is 0. The van der Waals surface area contributed by atoms with Crippen molar-refractivity contribution in [3.8, 4) is 0 Å². The summed E-state index contributed by atoms with van der Waals surface area (Å²) >= 11 is 0. The number of carbonyl (C=O) groups excluding carboxylic acids is 1. The predicted octanol–water partition coefficient (Wildman–Crippen LogP) is 1.17. The number of rotatable bonds is 2. The van der Waals surface area contributed by atoms with Crippen LogP contribution < -0.4 is 5.56 Å². The summed E-state index contributed by atoms with van der Waals surface area (Å²) in [6, 6.07) is 4.78. The molecule has 16 heavy (non-hydrogen) atoms. The topological polar surface area (TPSA) is 53.2 Å². The van der Waals surface area contributed by atoms with Gasteiger partial charge in [0.1, 0.15) is 5.69 Å². The third-order valence-corrected chi connectivity index (χ3v) is 2.74. The molecule has 4 nitrogen and oxygen atoms in total. The molecule has 0 fully saturated rings. The first-order valence-electron chi connectivity index (χ1n) is 5.39. The first-order valence-corrected chi connectivity index (χ1v) is 5.39. The van der Waals surface area contributed by atoms with Gasteiger partial charge in [-0.3, -0.25) is 9.59 Å². The zero-order valence-corrected chi connectivity index (χ0v) is 9.14. The van der Waals surface area contributed by atoms with Crippen LogP contribution in [0.1, 0.15) is 23.8 Å². The largest absolute Gasteiger partial charge is 0.327 e. The Balaban J connectivity index is 2.23. The van der Waals surface area contributed by atoms with Gasteiger partial charge in [-0.1, -0.05) is 25.1 Å². The molecule has 2 rings (SSSR count). The van der Waals surface area contributed by atoms with Gasteiger partial charge in [0.25, 0.3) is 5.91 Å². The quantitative estimate of drug-likeness (QED) is 0.757.